The molecule has 1 atom stereocenters. The lowest BCUT2D eigenvalue weighted by molar-refractivity contribution is 0.0982. The van der Waals surface area contributed by atoms with Crippen molar-refractivity contribution in [1.29, 1.82) is 0 Å². The van der Waals surface area contributed by atoms with Gasteiger partial charge in [-0.05, 0) is 54.3 Å². The minimum Gasteiger partial charge on any atom is -0.488 e. The second kappa shape index (κ2) is 10.8. The lowest BCUT2D eigenvalue weighted by Crippen LogP contribution is -2.15. The van der Waals surface area contributed by atoms with Crippen LogP contribution in [-0.4, -0.2) is 34.7 Å². The van der Waals surface area contributed by atoms with Crippen LogP contribution >= 0.6 is 0 Å². The van der Waals surface area contributed by atoms with Crippen molar-refractivity contribution in [3.8, 4) is 5.75 Å². The molecule has 5 nitrogen and oxygen atoms in total. The third kappa shape index (κ3) is 5.42. The van der Waals surface area contributed by atoms with Crippen molar-refractivity contribution in [2.45, 2.75) is 51.7 Å². The highest BCUT2D eigenvalue weighted by Crippen LogP contribution is 2.35. The molecule has 37 heavy (non-hydrogen) atoms. The summed E-state index contributed by atoms with van der Waals surface area (Å²) in [6.45, 7) is 5.91. The topological polar surface area (TPSA) is 53.4 Å². The molecule has 2 aromatic carbocycles. The van der Waals surface area contributed by atoms with E-state index in [0.717, 1.165) is 46.6 Å². The van der Waals surface area contributed by atoms with Gasteiger partial charge in [0.15, 0.2) is 17.4 Å². The Morgan fingerprint density at radius 3 is 2.70 bits per heavy atom. The van der Waals surface area contributed by atoms with Gasteiger partial charge >= 0.3 is 0 Å². The molecule has 1 unspecified atom stereocenters. The Morgan fingerprint density at radius 1 is 1.14 bits per heavy atom. The second-order valence-corrected chi connectivity index (χ2v) is 9.78. The number of carbonyl (C=O) groups excluding carboxylic acids is 1. The first-order valence-electron chi connectivity index (χ1n) is 12.7. The summed E-state index contributed by atoms with van der Waals surface area (Å²) in [6, 6.07) is 15.4. The van der Waals surface area contributed by atoms with E-state index in [9.17, 15) is 13.6 Å². The fraction of sp³-hybridized carbons (Fsp3) is 0.333. The molecule has 1 aliphatic heterocycles. The Hall–Kier alpha value is -3.58. The molecule has 1 aliphatic rings. The van der Waals surface area contributed by atoms with E-state index in [-0.39, 0.29) is 24.2 Å². The second-order valence-electron chi connectivity index (χ2n) is 9.78. The van der Waals surface area contributed by atoms with E-state index >= 15 is 0 Å². The van der Waals surface area contributed by atoms with E-state index in [4.69, 9.17) is 9.47 Å². The smallest absolute Gasteiger partial charge is 0.165 e. The molecule has 192 valence electrons. The van der Waals surface area contributed by atoms with E-state index in [1.807, 2.05) is 36.4 Å². The lowest BCUT2D eigenvalue weighted by atomic mass is 9.96. The zero-order valence-corrected chi connectivity index (χ0v) is 21.0. The number of ether oxygens (including phenoxy) is 2. The van der Waals surface area contributed by atoms with Gasteiger partial charge in [-0.3, -0.25) is 9.78 Å². The summed E-state index contributed by atoms with van der Waals surface area (Å²) in [5.74, 6) is -1.03. The molecule has 0 spiro atoms. The number of benzene rings is 2. The minimum atomic E-state index is -0.903. The molecular formula is C30H30F2N2O3. The van der Waals surface area contributed by atoms with Gasteiger partial charge in [0.2, 0.25) is 0 Å². The third-order valence-corrected chi connectivity index (χ3v) is 6.76. The van der Waals surface area contributed by atoms with Crippen LogP contribution in [0.25, 0.3) is 10.9 Å². The van der Waals surface area contributed by atoms with Crippen molar-refractivity contribution in [3.63, 3.8) is 0 Å². The number of rotatable bonds is 9. The number of ketones is 1. The quantitative estimate of drug-likeness (QED) is 0.245. The normalized spacial score (nSPS) is 15.5. The molecule has 0 saturated carbocycles. The van der Waals surface area contributed by atoms with Crippen molar-refractivity contribution in [2.24, 2.45) is 0 Å². The molecule has 0 bridgehead atoms. The molecule has 0 amide bonds. The van der Waals surface area contributed by atoms with Crippen LogP contribution < -0.4 is 4.74 Å². The zero-order chi connectivity index (χ0) is 25.9. The van der Waals surface area contributed by atoms with Crippen LogP contribution in [0.5, 0.6) is 5.75 Å². The standard InChI is InChI=1S/C30H30F2N2O3/c1-19(2)30-29(28(35)11-7-20-6-10-25(31)26(32)15-20)24-9-8-22(37-23-12-14-36-18-23)16-27(24)34(30)17-21-5-3-4-13-33-21/h3-6,8-10,13,15-16,19,23H,7,11-12,14,17-18H2,1-2H3. The van der Waals surface area contributed by atoms with Crippen LogP contribution in [0.3, 0.4) is 0 Å². The Kier molecular flexibility index (Phi) is 7.33. The predicted molar refractivity (Wildman–Crippen MR) is 138 cm³/mol. The van der Waals surface area contributed by atoms with Gasteiger partial charge in [-0.1, -0.05) is 26.0 Å². The van der Waals surface area contributed by atoms with Crippen LogP contribution in [0, 0.1) is 11.6 Å². The van der Waals surface area contributed by atoms with E-state index in [1.54, 1.807) is 6.20 Å². The van der Waals surface area contributed by atoms with Crippen molar-refractivity contribution in [2.75, 3.05) is 13.2 Å². The van der Waals surface area contributed by atoms with Gasteiger partial charge < -0.3 is 14.0 Å². The lowest BCUT2D eigenvalue weighted by Gasteiger charge is -2.15. The van der Waals surface area contributed by atoms with Crippen molar-refractivity contribution >= 4 is 16.7 Å². The van der Waals surface area contributed by atoms with E-state index < -0.39 is 11.6 Å². The van der Waals surface area contributed by atoms with Gasteiger partial charge in [0.05, 0.1) is 31.0 Å². The van der Waals surface area contributed by atoms with Crippen LogP contribution in [0.4, 0.5) is 8.78 Å². The summed E-state index contributed by atoms with van der Waals surface area (Å²) in [5, 5.41) is 0.852. The summed E-state index contributed by atoms with van der Waals surface area (Å²) in [4.78, 5) is 18.2. The Balaban J connectivity index is 1.55. The number of fused-ring (bicyclic) bond motifs is 1. The van der Waals surface area contributed by atoms with Crippen molar-refractivity contribution < 1.29 is 23.0 Å². The highest BCUT2D eigenvalue weighted by Gasteiger charge is 2.26. The van der Waals surface area contributed by atoms with Crippen LogP contribution in [0.2, 0.25) is 0 Å². The van der Waals surface area contributed by atoms with Gasteiger partial charge in [0.1, 0.15) is 11.9 Å². The monoisotopic (exact) mass is 504 g/mol. The molecule has 0 radical (unpaired) electrons. The number of halogens is 2. The van der Waals surface area contributed by atoms with Crippen LogP contribution in [0.1, 0.15) is 59.9 Å². The van der Waals surface area contributed by atoms with Gasteiger partial charge in [-0.2, -0.15) is 0 Å². The number of aryl methyl sites for hydroxylation is 1. The van der Waals surface area contributed by atoms with Gasteiger partial charge in [-0.25, -0.2) is 8.78 Å². The fourth-order valence-electron chi connectivity index (χ4n) is 5.02. The maximum atomic E-state index is 13.7. The largest absolute Gasteiger partial charge is 0.488 e. The molecular weight excluding hydrogens is 474 g/mol. The average molecular weight is 505 g/mol. The zero-order valence-electron chi connectivity index (χ0n) is 21.0. The fourth-order valence-corrected chi connectivity index (χ4v) is 5.02. The molecule has 1 fully saturated rings. The van der Waals surface area contributed by atoms with Crippen molar-refractivity contribution in [1.82, 2.24) is 9.55 Å². The number of carbonyl (C=O) groups is 1. The number of aromatic nitrogens is 2. The third-order valence-electron chi connectivity index (χ3n) is 6.76. The first-order valence-corrected chi connectivity index (χ1v) is 12.7. The van der Waals surface area contributed by atoms with Gasteiger partial charge in [-0.15, -0.1) is 0 Å². The van der Waals surface area contributed by atoms with E-state index in [2.05, 4.69) is 23.4 Å². The number of pyridine rings is 1. The minimum absolute atomic E-state index is 0.0124. The Morgan fingerprint density at radius 2 is 2.00 bits per heavy atom. The molecule has 7 heteroatoms. The first kappa shape index (κ1) is 25.1. The molecule has 0 aliphatic carbocycles. The van der Waals surface area contributed by atoms with Gasteiger partial charge in [0, 0.05) is 41.7 Å². The summed E-state index contributed by atoms with van der Waals surface area (Å²) >= 11 is 0. The Bertz CT molecular complexity index is 1410. The maximum Gasteiger partial charge on any atom is 0.165 e. The summed E-state index contributed by atoms with van der Waals surface area (Å²) in [6.07, 6.45) is 3.13. The molecule has 1 saturated heterocycles. The first-order chi connectivity index (χ1) is 17.9. The highest BCUT2D eigenvalue weighted by atomic mass is 19.2. The van der Waals surface area contributed by atoms with E-state index in [0.29, 0.717) is 37.3 Å². The van der Waals surface area contributed by atoms with E-state index in [1.165, 1.54) is 6.07 Å². The maximum absolute atomic E-state index is 13.7. The SMILES string of the molecule is CC(C)c1c(C(=O)CCc2ccc(F)c(F)c2)c2ccc(OC3CCOC3)cc2n1Cc1ccccn1. The van der Waals surface area contributed by atoms with Crippen LogP contribution in [0.15, 0.2) is 60.8 Å². The summed E-state index contributed by atoms with van der Waals surface area (Å²) in [5.41, 5.74) is 3.97. The molecule has 5 rings (SSSR count). The average Bonchev–Trinajstić information content (AvgIpc) is 3.51. The number of Topliss-reactive ketones (excluding diaryl/α,β-unsaturated/α-hetero) is 1. The molecule has 4 aromatic rings. The molecule has 0 N–H and O–H groups in total. The Labute approximate surface area is 215 Å². The van der Waals surface area contributed by atoms with Gasteiger partial charge in [0.25, 0.3) is 0 Å². The highest BCUT2D eigenvalue weighted by molar-refractivity contribution is 6.10. The number of nitrogens with zero attached hydrogens (tertiary/aromatic N) is 2. The summed E-state index contributed by atoms with van der Waals surface area (Å²) in [7, 11) is 0. The van der Waals surface area contributed by atoms with Crippen LogP contribution in [-0.2, 0) is 17.7 Å². The number of hydrogen-bond acceptors (Lipinski definition) is 4. The predicted octanol–water partition coefficient (Wildman–Crippen LogP) is 6.47. The number of hydrogen-bond donors (Lipinski definition) is 0. The molecule has 2 aromatic heterocycles. The molecule has 3 heterocycles. The summed E-state index contributed by atoms with van der Waals surface area (Å²) < 4.78 is 40.9. The van der Waals surface area contributed by atoms with Crippen molar-refractivity contribution in [3.05, 3.63) is 94.9 Å².